The molecule has 0 spiro atoms. The summed E-state index contributed by atoms with van der Waals surface area (Å²) in [6.07, 6.45) is 3.67. The molecule has 38 heavy (non-hydrogen) atoms. The molecule has 0 saturated carbocycles. The maximum atomic E-state index is 13.8. The van der Waals surface area contributed by atoms with Crippen LogP contribution < -0.4 is 9.62 Å². The SMILES string of the molecule is CN(c1ccc2[nH]c(C(C)(C)C)nc2c1CC1CCOCC1)S(=O)(=O)N1CCC(C(=O)NC(C)(C)C)CC1. The summed E-state index contributed by atoms with van der Waals surface area (Å²) in [5.74, 6) is 1.13. The molecule has 9 nitrogen and oxygen atoms in total. The smallest absolute Gasteiger partial charge is 0.303 e. The Balaban J connectivity index is 1.61. The van der Waals surface area contributed by atoms with Gasteiger partial charge in [0.15, 0.2) is 0 Å². The Kier molecular flexibility index (Phi) is 8.17. The topological polar surface area (TPSA) is 108 Å². The number of anilines is 1. The largest absolute Gasteiger partial charge is 0.381 e. The number of H-pyrrole nitrogens is 1. The van der Waals surface area contributed by atoms with Crippen LogP contribution in [0.1, 0.15) is 78.6 Å². The molecule has 10 heteroatoms. The van der Waals surface area contributed by atoms with E-state index in [1.54, 1.807) is 7.05 Å². The number of rotatable bonds is 6. The molecule has 212 valence electrons. The fourth-order valence-electron chi connectivity index (χ4n) is 5.33. The van der Waals surface area contributed by atoms with Crippen molar-refractivity contribution in [2.45, 2.75) is 84.6 Å². The zero-order valence-corrected chi connectivity index (χ0v) is 24.9. The number of aromatic amines is 1. The van der Waals surface area contributed by atoms with E-state index in [-0.39, 0.29) is 22.8 Å². The van der Waals surface area contributed by atoms with Crippen LogP contribution in [0.15, 0.2) is 12.1 Å². The van der Waals surface area contributed by atoms with Crippen LogP contribution in [0.5, 0.6) is 0 Å². The minimum atomic E-state index is -3.78. The van der Waals surface area contributed by atoms with Gasteiger partial charge in [-0.2, -0.15) is 12.7 Å². The van der Waals surface area contributed by atoms with E-state index < -0.39 is 10.2 Å². The number of imidazole rings is 1. The Bertz CT molecular complexity index is 1240. The lowest BCUT2D eigenvalue weighted by Gasteiger charge is -2.35. The summed E-state index contributed by atoms with van der Waals surface area (Å²) in [6.45, 7) is 14.3. The number of hydrogen-bond donors (Lipinski definition) is 2. The normalized spacial score (nSPS) is 19.1. The van der Waals surface area contributed by atoms with Crippen LogP contribution in [-0.2, 0) is 31.6 Å². The number of aromatic nitrogens is 2. The van der Waals surface area contributed by atoms with E-state index in [4.69, 9.17) is 9.72 Å². The molecule has 2 fully saturated rings. The first-order valence-electron chi connectivity index (χ1n) is 13.8. The third-order valence-corrected chi connectivity index (χ3v) is 9.52. The molecule has 0 aliphatic carbocycles. The first kappa shape index (κ1) is 28.8. The molecule has 0 unspecified atom stereocenters. The highest BCUT2D eigenvalue weighted by Gasteiger charge is 2.36. The third-order valence-electron chi connectivity index (χ3n) is 7.61. The minimum Gasteiger partial charge on any atom is -0.381 e. The van der Waals surface area contributed by atoms with Crippen LogP contribution in [0.4, 0.5) is 5.69 Å². The van der Waals surface area contributed by atoms with Crippen LogP contribution in [-0.4, -0.2) is 67.5 Å². The van der Waals surface area contributed by atoms with E-state index >= 15 is 0 Å². The van der Waals surface area contributed by atoms with Gasteiger partial charge in [-0.05, 0) is 70.9 Å². The molecule has 2 saturated heterocycles. The Hall–Kier alpha value is -2.17. The monoisotopic (exact) mass is 547 g/mol. The van der Waals surface area contributed by atoms with Crippen LogP contribution in [0.2, 0.25) is 0 Å². The van der Waals surface area contributed by atoms with Gasteiger partial charge in [0.2, 0.25) is 5.91 Å². The molecule has 2 aromatic rings. The van der Waals surface area contributed by atoms with Gasteiger partial charge in [0.25, 0.3) is 0 Å². The van der Waals surface area contributed by atoms with Gasteiger partial charge in [-0.1, -0.05) is 20.8 Å². The van der Waals surface area contributed by atoms with E-state index in [0.717, 1.165) is 54.9 Å². The highest BCUT2D eigenvalue weighted by molar-refractivity contribution is 7.90. The quantitative estimate of drug-likeness (QED) is 0.565. The predicted octanol–water partition coefficient (Wildman–Crippen LogP) is 4.14. The lowest BCUT2D eigenvalue weighted by Crippen LogP contribution is -2.50. The predicted molar refractivity (Wildman–Crippen MR) is 152 cm³/mol. The summed E-state index contributed by atoms with van der Waals surface area (Å²) in [6, 6.07) is 3.85. The molecule has 0 bridgehead atoms. The second-order valence-electron chi connectivity index (χ2n) is 12.9. The van der Waals surface area contributed by atoms with Gasteiger partial charge < -0.3 is 15.0 Å². The van der Waals surface area contributed by atoms with E-state index in [1.165, 1.54) is 8.61 Å². The van der Waals surface area contributed by atoms with E-state index in [1.807, 2.05) is 32.9 Å². The zero-order valence-electron chi connectivity index (χ0n) is 24.1. The molecule has 2 N–H and O–H groups in total. The van der Waals surface area contributed by atoms with Crippen molar-refractivity contribution in [1.82, 2.24) is 19.6 Å². The third kappa shape index (κ3) is 6.34. The first-order valence-corrected chi connectivity index (χ1v) is 15.2. The molecule has 0 radical (unpaired) electrons. The van der Waals surface area contributed by atoms with Gasteiger partial charge in [0.05, 0.1) is 16.7 Å². The molecule has 1 aromatic heterocycles. The molecule has 1 amide bonds. The highest BCUT2D eigenvalue weighted by atomic mass is 32.2. The summed E-state index contributed by atoms with van der Waals surface area (Å²) in [7, 11) is -2.14. The summed E-state index contributed by atoms with van der Waals surface area (Å²) in [5, 5.41) is 3.03. The number of fused-ring (bicyclic) bond motifs is 1. The Morgan fingerprint density at radius 1 is 1.11 bits per heavy atom. The molecule has 2 aliphatic rings. The van der Waals surface area contributed by atoms with Crippen molar-refractivity contribution < 1.29 is 17.9 Å². The van der Waals surface area contributed by atoms with Crippen molar-refractivity contribution in [2.75, 3.05) is 37.7 Å². The standard InChI is InChI=1S/C28H45N5O4S/c1-27(2,3)26-29-22-8-9-23(21(24(22)30-26)18-19-12-16-37-17-13-19)32(7)38(35,36)33-14-10-20(11-15-33)25(34)31-28(4,5)6/h8-9,19-20H,10-18H2,1-7H3,(H,29,30)(H,31,34). The van der Waals surface area contributed by atoms with Crippen molar-refractivity contribution in [2.24, 2.45) is 11.8 Å². The van der Waals surface area contributed by atoms with Gasteiger partial charge in [0.1, 0.15) is 5.82 Å². The van der Waals surface area contributed by atoms with E-state index in [9.17, 15) is 13.2 Å². The molecule has 1 aromatic carbocycles. The Labute approximate surface area is 227 Å². The Morgan fingerprint density at radius 3 is 2.32 bits per heavy atom. The number of nitrogens with one attached hydrogen (secondary N) is 2. The number of carbonyl (C=O) groups excluding carboxylic acids is 1. The van der Waals surface area contributed by atoms with Gasteiger partial charge in [-0.25, -0.2) is 4.98 Å². The molecule has 4 rings (SSSR count). The maximum Gasteiger partial charge on any atom is 0.303 e. The van der Waals surface area contributed by atoms with Crippen molar-refractivity contribution in [3.05, 3.63) is 23.5 Å². The van der Waals surface area contributed by atoms with Gasteiger partial charge in [0, 0.05) is 55.8 Å². The van der Waals surface area contributed by atoms with E-state index in [0.29, 0.717) is 37.5 Å². The zero-order chi connectivity index (χ0) is 27.9. The van der Waals surface area contributed by atoms with Crippen LogP contribution >= 0.6 is 0 Å². The highest BCUT2D eigenvalue weighted by Crippen LogP contribution is 2.35. The first-order chi connectivity index (χ1) is 17.7. The molecular weight excluding hydrogens is 502 g/mol. The van der Waals surface area contributed by atoms with Crippen molar-refractivity contribution in [1.29, 1.82) is 0 Å². The van der Waals surface area contributed by atoms with Gasteiger partial charge in [-0.15, -0.1) is 0 Å². The van der Waals surface area contributed by atoms with Crippen molar-refractivity contribution in [3.63, 3.8) is 0 Å². The molecule has 0 atom stereocenters. The second-order valence-corrected chi connectivity index (χ2v) is 14.9. The number of piperidine rings is 1. The molecular formula is C28H45N5O4S. The van der Waals surface area contributed by atoms with Crippen LogP contribution in [0.3, 0.4) is 0 Å². The summed E-state index contributed by atoms with van der Waals surface area (Å²) in [5.41, 5.74) is 2.95. The number of amides is 1. The second kappa shape index (κ2) is 10.8. The number of benzene rings is 1. The van der Waals surface area contributed by atoms with Crippen molar-refractivity contribution in [3.8, 4) is 0 Å². The summed E-state index contributed by atoms with van der Waals surface area (Å²) in [4.78, 5) is 21.1. The summed E-state index contributed by atoms with van der Waals surface area (Å²) < 4.78 is 36.2. The van der Waals surface area contributed by atoms with E-state index in [2.05, 4.69) is 31.1 Å². The van der Waals surface area contributed by atoms with Crippen LogP contribution in [0.25, 0.3) is 11.0 Å². The molecule has 2 aliphatic heterocycles. The van der Waals surface area contributed by atoms with Gasteiger partial charge in [-0.3, -0.25) is 9.10 Å². The number of nitrogens with zero attached hydrogens (tertiary/aromatic N) is 3. The van der Waals surface area contributed by atoms with Crippen LogP contribution in [0, 0.1) is 11.8 Å². The number of ether oxygens (including phenoxy) is 1. The molecule has 3 heterocycles. The maximum absolute atomic E-state index is 13.8. The van der Waals surface area contributed by atoms with Crippen molar-refractivity contribution >= 4 is 32.8 Å². The average molecular weight is 548 g/mol. The minimum absolute atomic E-state index is 0.000265. The summed E-state index contributed by atoms with van der Waals surface area (Å²) >= 11 is 0. The number of hydrogen-bond acceptors (Lipinski definition) is 5. The lowest BCUT2D eigenvalue weighted by molar-refractivity contribution is -0.127. The number of carbonyl (C=O) groups is 1. The fourth-order valence-corrected chi connectivity index (χ4v) is 6.77. The average Bonchev–Trinajstić information content (AvgIpc) is 3.29. The lowest BCUT2D eigenvalue weighted by atomic mass is 9.91. The Morgan fingerprint density at radius 2 is 1.74 bits per heavy atom. The fraction of sp³-hybridized carbons (Fsp3) is 0.714. The van der Waals surface area contributed by atoms with Gasteiger partial charge >= 0.3 is 10.2 Å².